The van der Waals surface area contributed by atoms with Gasteiger partial charge >= 0.3 is 0 Å². The SMILES string of the molecule is O=C(CN/N=C/c1cccc(Cl)c1)N1c2ccccc2Sc2ccccc21. The van der Waals surface area contributed by atoms with Crippen LogP contribution < -0.4 is 10.3 Å². The van der Waals surface area contributed by atoms with Gasteiger partial charge in [0.25, 0.3) is 5.91 Å². The van der Waals surface area contributed by atoms with Gasteiger partial charge in [-0.1, -0.05) is 59.8 Å². The van der Waals surface area contributed by atoms with Crippen LogP contribution >= 0.6 is 23.4 Å². The molecule has 0 saturated carbocycles. The number of halogens is 1. The lowest BCUT2D eigenvalue weighted by Gasteiger charge is -2.30. The molecule has 0 bridgehead atoms. The zero-order valence-electron chi connectivity index (χ0n) is 14.3. The Morgan fingerprint density at radius 3 is 2.33 bits per heavy atom. The molecular formula is C21H16ClN3OS. The molecule has 1 N–H and O–H groups in total. The van der Waals surface area contributed by atoms with Crippen LogP contribution in [0.3, 0.4) is 0 Å². The van der Waals surface area contributed by atoms with Gasteiger partial charge < -0.3 is 5.43 Å². The van der Waals surface area contributed by atoms with Crippen LogP contribution in [-0.2, 0) is 4.79 Å². The minimum Gasteiger partial charge on any atom is -0.301 e. The van der Waals surface area contributed by atoms with Gasteiger partial charge in [-0.05, 0) is 42.0 Å². The lowest BCUT2D eigenvalue weighted by molar-refractivity contribution is -0.117. The number of anilines is 2. The van der Waals surface area contributed by atoms with E-state index in [4.69, 9.17) is 11.6 Å². The molecular weight excluding hydrogens is 378 g/mol. The fourth-order valence-electron chi connectivity index (χ4n) is 2.87. The molecule has 4 rings (SSSR count). The molecule has 6 heteroatoms. The summed E-state index contributed by atoms with van der Waals surface area (Å²) in [6.07, 6.45) is 1.65. The van der Waals surface area contributed by atoms with E-state index >= 15 is 0 Å². The first-order valence-electron chi connectivity index (χ1n) is 8.43. The van der Waals surface area contributed by atoms with Gasteiger partial charge in [-0.2, -0.15) is 5.10 Å². The molecule has 134 valence electrons. The van der Waals surface area contributed by atoms with Crippen molar-refractivity contribution in [1.29, 1.82) is 0 Å². The van der Waals surface area contributed by atoms with Crippen molar-refractivity contribution < 1.29 is 4.79 Å². The molecule has 0 unspecified atom stereocenters. The summed E-state index contributed by atoms with van der Waals surface area (Å²) in [6, 6.07) is 23.2. The highest BCUT2D eigenvalue weighted by atomic mass is 35.5. The van der Waals surface area contributed by atoms with E-state index in [0.717, 1.165) is 26.7 Å². The fraction of sp³-hybridized carbons (Fsp3) is 0.0476. The van der Waals surface area contributed by atoms with Crippen molar-refractivity contribution in [3.63, 3.8) is 0 Å². The first kappa shape index (κ1) is 17.6. The molecule has 0 atom stereocenters. The van der Waals surface area contributed by atoms with Crippen LogP contribution in [0.2, 0.25) is 5.02 Å². The zero-order chi connectivity index (χ0) is 18.6. The summed E-state index contributed by atoms with van der Waals surface area (Å²) in [5.74, 6) is -0.0709. The Balaban J connectivity index is 1.52. The topological polar surface area (TPSA) is 44.7 Å². The van der Waals surface area contributed by atoms with Crippen LogP contribution in [0.5, 0.6) is 0 Å². The van der Waals surface area contributed by atoms with Crippen LogP contribution in [0, 0.1) is 0 Å². The van der Waals surface area contributed by atoms with Crippen LogP contribution in [0.15, 0.2) is 87.7 Å². The zero-order valence-corrected chi connectivity index (χ0v) is 15.9. The highest BCUT2D eigenvalue weighted by Crippen LogP contribution is 2.47. The van der Waals surface area contributed by atoms with Gasteiger partial charge in [0.1, 0.15) is 6.54 Å². The van der Waals surface area contributed by atoms with E-state index in [1.807, 2.05) is 66.7 Å². The number of amides is 1. The highest BCUT2D eigenvalue weighted by molar-refractivity contribution is 7.99. The Labute approximate surface area is 166 Å². The van der Waals surface area contributed by atoms with Crippen LogP contribution in [0.25, 0.3) is 0 Å². The predicted molar refractivity (Wildman–Crippen MR) is 111 cm³/mol. The first-order chi connectivity index (χ1) is 13.2. The quantitative estimate of drug-likeness (QED) is 0.495. The van der Waals surface area contributed by atoms with Crippen molar-refractivity contribution in [2.75, 3.05) is 11.4 Å². The Morgan fingerprint density at radius 1 is 1.00 bits per heavy atom. The fourth-order valence-corrected chi connectivity index (χ4v) is 4.13. The van der Waals surface area contributed by atoms with Crippen molar-refractivity contribution in [3.05, 3.63) is 83.4 Å². The number of hydrogen-bond acceptors (Lipinski definition) is 4. The molecule has 0 saturated heterocycles. The highest BCUT2D eigenvalue weighted by Gasteiger charge is 2.27. The number of rotatable bonds is 4. The average Bonchev–Trinajstić information content (AvgIpc) is 2.69. The van der Waals surface area contributed by atoms with Crippen LogP contribution in [0.4, 0.5) is 11.4 Å². The van der Waals surface area contributed by atoms with Crippen molar-refractivity contribution in [2.45, 2.75) is 9.79 Å². The predicted octanol–water partition coefficient (Wildman–Crippen LogP) is 5.09. The summed E-state index contributed by atoms with van der Waals surface area (Å²) in [5.41, 5.74) is 5.50. The molecule has 1 heterocycles. The number of hydrazone groups is 1. The van der Waals surface area contributed by atoms with Crippen LogP contribution in [0.1, 0.15) is 5.56 Å². The molecule has 3 aromatic rings. The van der Waals surface area contributed by atoms with Crippen molar-refractivity contribution in [1.82, 2.24) is 5.43 Å². The Kier molecular flexibility index (Phi) is 5.14. The third-order valence-corrected chi connectivity index (χ3v) is 5.43. The van der Waals surface area contributed by atoms with E-state index in [1.165, 1.54) is 0 Å². The minimum atomic E-state index is -0.0709. The monoisotopic (exact) mass is 393 g/mol. The number of nitrogens with one attached hydrogen (secondary N) is 1. The molecule has 0 aliphatic carbocycles. The standard InChI is InChI=1S/C21H16ClN3OS/c22-16-7-5-6-15(12-16)13-23-24-14-21(26)25-17-8-1-3-10-19(17)27-20-11-4-2-9-18(20)25/h1-13,24H,14H2/b23-13+. The van der Waals surface area contributed by atoms with Gasteiger partial charge in [0.2, 0.25) is 0 Å². The lowest BCUT2D eigenvalue weighted by Crippen LogP contribution is -2.35. The maximum absolute atomic E-state index is 12.9. The molecule has 4 nitrogen and oxygen atoms in total. The average molecular weight is 394 g/mol. The van der Waals surface area contributed by atoms with Gasteiger partial charge in [-0.3, -0.25) is 9.69 Å². The number of nitrogens with zero attached hydrogens (tertiary/aromatic N) is 2. The van der Waals surface area contributed by atoms with Crippen LogP contribution in [-0.4, -0.2) is 18.7 Å². The Hall–Kier alpha value is -2.76. The molecule has 0 spiro atoms. The van der Waals surface area contributed by atoms with E-state index < -0.39 is 0 Å². The van der Waals surface area contributed by atoms with Crippen molar-refractivity contribution in [2.24, 2.45) is 5.10 Å². The van der Waals surface area contributed by atoms with Gasteiger partial charge in [-0.15, -0.1) is 0 Å². The summed E-state index contributed by atoms with van der Waals surface area (Å²) in [6.45, 7) is 0.0877. The van der Waals surface area contributed by atoms with E-state index in [1.54, 1.807) is 28.9 Å². The van der Waals surface area contributed by atoms with E-state index in [9.17, 15) is 4.79 Å². The molecule has 1 amide bonds. The second kappa shape index (κ2) is 7.86. The van der Waals surface area contributed by atoms with Crippen molar-refractivity contribution in [3.8, 4) is 0 Å². The summed E-state index contributed by atoms with van der Waals surface area (Å²) in [4.78, 5) is 16.8. The summed E-state index contributed by atoms with van der Waals surface area (Å²) < 4.78 is 0. The number of hydrogen-bond donors (Lipinski definition) is 1. The van der Waals surface area contributed by atoms with Gasteiger partial charge in [0, 0.05) is 14.8 Å². The summed E-state index contributed by atoms with van der Waals surface area (Å²) in [7, 11) is 0. The number of benzene rings is 3. The number of fused-ring (bicyclic) bond motifs is 2. The summed E-state index contributed by atoms with van der Waals surface area (Å²) >= 11 is 7.63. The van der Waals surface area contributed by atoms with E-state index in [2.05, 4.69) is 10.5 Å². The maximum atomic E-state index is 12.9. The second-order valence-electron chi connectivity index (χ2n) is 5.91. The summed E-state index contributed by atoms with van der Waals surface area (Å²) in [5, 5.41) is 4.79. The molecule has 0 fully saturated rings. The normalized spacial score (nSPS) is 12.6. The number of carbonyl (C=O) groups excluding carboxylic acids is 1. The smallest absolute Gasteiger partial charge is 0.252 e. The molecule has 1 aliphatic heterocycles. The van der Waals surface area contributed by atoms with Gasteiger partial charge in [-0.25, -0.2) is 0 Å². The lowest BCUT2D eigenvalue weighted by atomic mass is 10.2. The first-order valence-corrected chi connectivity index (χ1v) is 9.62. The molecule has 3 aromatic carbocycles. The third-order valence-electron chi connectivity index (χ3n) is 4.07. The minimum absolute atomic E-state index is 0.0709. The largest absolute Gasteiger partial charge is 0.301 e. The number of para-hydroxylation sites is 2. The molecule has 1 aliphatic rings. The molecule has 0 radical (unpaired) electrons. The van der Waals surface area contributed by atoms with Gasteiger partial charge in [0.15, 0.2) is 0 Å². The van der Waals surface area contributed by atoms with E-state index in [-0.39, 0.29) is 12.5 Å². The number of carbonyl (C=O) groups is 1. The van der Waals surface area contributed by atoms with Crippen molar-refractivity contribution >= 4 is 46.9 Å². The molecule has 27 heavy (non-hydrogen) atoms. The third kappa shape index (κ3) is 3.84. The Morgan fingerprint density at radius 2 is 1.67 bits per heavy atom. The second-order valence-corrected chi connectivity index (χ2v) is 7.43. The van der Waals surface area contributed by atoms with E-state index in [0.29, 0.717) is 5.02 Å². The van der Waals surface area contributed by atoms with Gasteiger partial charge in [0.05, 0.1) is 17.6 Å². The maximum Gasteiger partial charge on any atom is 0.252 e. The molecule has 0 aromatic heterocycles. The Bertz CT molecular complexity index is 976.